The third kappa shape index (κ3) is 5.02. The lowest BCUT2D eigenvalue weighted by Crippen LogP contribution is -2.49. The van der Waals surface area contributed by atoms with Crippen LogP contribution in [0.3, 0.4) is 0 Å². The number of ether oxygens (including phenoxy) is 1. The Balaban J connectivity index is 2.60. The van der Waals surface area contributed by atoms with Crippen LogP contribution >= 0.6 is 0 Å². The Bertz CT molecular complexity index is 811. The van der Waals surface area contributed by atoms with Crippen LogP contribution in [0.2, 0.25) is 0 Å². The molecular weight excluding hydrogens is 364 g/mol. The molecule has 1 aliphatic rings. The Hall–Kier alpha value is -1.59. The zero-order chi connectivity index (χ0) is 20.2. The molecule has 0 bridgehead atoms. The van der Waals surface area contributed by atoms with Crippen molar-refractivity contribution in [1.82, 2.24) is 9.62 Å². The molecule has 1 aromatic rings. The van der Waals surface area contributed by atoms with Gasteiger partial charge in [0.05, 0.1) is 6.61 Å². The third-order valence-corrected chi connectivity index (χ3v) is 6.60. The molecule has 7 heteroatoms. The lowest BCUT2D eigenvalue weighted by molar-refractivity contribution is 0.103. The Labute approximate surface area is 163 Å². The Morgan fingerprint density at radius 1 is 1.37 bits per heavy atom. The van der Waals surface area contributed by atoms with Crippen molar-refractivity contribution >= 4 is 10.0 Å². The second-order valence-electron chi connectivity index (χ2n) is 7.38. The van der Waals surface area contributed by atoms with E-state index in [4.69, 9.17) is 4.74 Å². The first-order chi connectivity index (χ1) is 12.7. The van der Waals surface area contributed by atoms with Crippen molar-refractivity contribution in [2.24, 2.45) is 11.8 Å². The fourth-order valence-corrected chi connectivity index (χ4v) is 4.80. The van der Waals surface area contributed by atoms with E-state index in [2.05, 4.69) is 17.2 Å². The summed E-state index contributed by atoms with van der Waals surface area (Å²) in [7, 11) is -1.96. The van der Waals surface area contributed by atoms with E-state index in [1.165, 1.54) is 4.31 Å². The first kappa shape index (κ1) is 21.7. The van der Waals surface area contributed by atoms with Crippen LogP contribution in [0, 0.1) is 23.7 Å². The van der Waals surface area contributed by atoms with Crippen molar-refractivity contribution in [3.8, 4) is 17.6 Å². The Morgan fingerprint density at radius 3 is 2.67 bits per heavy atom. The molecule has 0 spiro atoms. The number of fused-ring (bicyclic) bond motifs is 1. The van der Waals surface area contributed by atoms with E-state index >= 15 is 0 Å². The number of aliphatic hydroxyl groups is 1. The van der Waals surface area contributed by atoms with Gasteiger partial charge in [0.15, 0.2) is 0 Å². The third-order valence-electron chi connectivity index (χ3n) is 4.58. The number of nitrogens with one attached hydrogen (secondary N) is 1. The molecule has 0 aliphatic carbocycles. The van der Waals surface area contributed by atoms with Gasteiger partial charge in [0, 0.05) is 36.5 Å². The number of hydrogen-bond donors (Lipinski definition) is 2. The predicted octanol–water partition coefficient (Wildman–Crippen LogP) is 1.68. The van der Waals surface area contributed by atoms with Crippen molar-refractivity contribution in [1.29, 1.82) is 0 Å². The average Bonchev–Trinajstić information content (AvgIpc) is 2.62. The maximum absolute atomic E-state index is 13.2. The first-order valence-electron chi connectivity index (χ1n) is 9.30. The minimum absolute atomic E-state index is 0.0558. The standard InChI is InChI=1S/C20H30N2O4S/c1-14(2)6-7-17-8-9-20-18(10-17)26-19(11-21-5)15(3)12-22(16(4)13-23)27(20,24)25/h8-10,14-16,19,21,23H,11-13H2,1-5H3/t15-,16-,19+/m1/s1. The van der Waals surface area contributed by atoms with Gasteiger partial charge < -0.3 is 15.2 Å². The van der Waals surface area contributed by atoms with Gasteiger partial charge in [-0.3, -0.25) is 0 Å². The summed E-state index contributed by atoms with van der Waals surface area (Å²) < 4.78 is 34.0. The van der Waals surface area contributed by atoms with E-state index in [0.717, 1.165) is 5.56 Å². The highest BCUT2D eigenvalue weighted by atomic mass is 32.2. The van der Waals surface area contributed by atoms with Gasteiger partial charge in [-0.05, 0) is 32.2 Å². The maximum atomic E-state index is 13.2. The van der Waals surface area contributed by atoms with Crippen molar-refractivity contribution in [3.05, 3.63) is 23.8 Å². The molecule has 0 unspecified atom stereocenters. The molecule has 27 heavy (non-hydrogen) atoms. The van der Waals surface area contributed by atoms with Crippen LogP contribution in [-0.4, -0.2) is 56.7 Å². The molecule has 0 radical (unpaired) electrons. The van der Waals surface area contributed by atoms with Crippen LogP contribution in [0.5, 0.6) is 5.75 Å². The van der Waals surface area contributed by atoms with Crippen molar-refractivity contribution in [2.45, 2.75) is 44.7 Å². The largest absolute Gasteiger partial charge is 0.487 e. The topological polar surface area (TPSA) is 78.9 Å². The number of likely N-dealkylation sites (N-methyl/N-ethyl adjacent to an activating group) is 1. The van der Waals surface area contributed by atoms with Gasteiger partial charge in [0.1, 0.15) is 16.7 Å². The number of benzene rings is 1. The van der Waals surface area contributed by atoms with E-state index in [9.17, 15) is 13.5 Å². The van der Waals surface area contributed by atoms with E-state index in [1.54, 1.807) is 25.1 Å². The minimum Gasteiger partial charge on any atom is -0.487 e. The summed E-state index contributed by atoms with van der Waals surface area (Å²) in [6.45, 7) is 8.30. The Kier molecular flexibility index (Phi) is 7.29. The average molecular weight is 395 g/mol. The molecule has 0 saturated heterocycles. The molecule has 0 aromatic heterocycles. The summed E-state index contributed by atoms with van der Waals surface area (Å²) in [6, 6.07) is 4.44. The lowest BCUT2D eigenvalue weighted by Gasteiger charge is -2.36. The highest BCUT2D eigenvalue weighted by Crippen LogP contribution is 2.33. The van der Waals surface area contributed by atoms with E-state index in [-0.39, 0.29) is 36.0 Å². The molecule has 2 rings (SSSR count). The number of sulfonamides is 1. The van der Waals surface area contributed by atoms with Crippen LogP contribution in [0.4, 0.5) is 0 Å². The van der Waals surface area contributed by atoms with Crippen LogP contribution in [0.1, 0.15) is 33.3 Å². The SMILES string of the molecule is CNC[C@@H]1Oc2cc(C#CC(C)C)ccc2S(=O)(=O)N([C@H](C)CO)C[C@H]1C. The highest BCUT2D eigenvalue weighted by molar-refractivity contribution is 7.89. The maximum Gasteiger partial charge on any atom is 0.247 e. The first-order valence-corrected chi connectivity index (χ1v) is 10.7. The molecule has 2 N–H and O–H groups in total. The van der Waals surface area contributed by atoms with Crippen LogP contribution in [0.15, 0.2) is 23.1 Å². The normalized spacial score (nSPS) is 23.4. The zero-order valence-electron chi connectivity index (χ0n) is 16.7. The van der Waals surface area contributed by atoms with Gasteiger partial charge in [0.2, 0.25) is 10.0 Å². The summed E-state index contributed by atoms with van der Waals surface area (Å²) in [4.78, 5) is 0.117. The fourth-order valence-electron chi connectivity index (χ4n) is 2.98. The van der Waals surface area contributed by atoms with E-state index in [0.29, 0.717) is 12.3 Å². The second-order valence-corrected chi connectivity index (χ2v) is 9.24. The molecule has 1 aromatic carbocycles. The molecular formula is C20H30N2O4S. The molecule has 0 saturated carbocycles. The van der Waals surface area contributed by atoms with E-state index < -0.39 is 16.1 Å². The summed E-state index contributed by atoms with van der Waals surface area (Å²) in [5, 5.41) is 12.7. The smallest absolute Gasteiger partial charge is 0.247 e. The molecule has 1 heterocycles. The monoisotopic (exact) mass is 394 g/mol. The lowest BCUT2D eigenvalue weighted by atomic mass is 10.0. The summed E-state index contributed by atoms with van der Waals surface area (Å²) in [5.41, 5.74) is 0.718. The van der Waals surface area contributed by atoms with Gasteiger partial charge >= 0.3 is 0 Å². The van der Waals surface area contributed by atoms with Gasteiger partial charge in [-0.25, -0.2) is 8.42 Å². The summed E-state index contributed by atoms with van der Waals surface area (Å²) >= 11 is 0. The second kappa shape index (κ2) is 9.07. The van der Waals surface area contributed by atoms with Crippen molar-refractivity contribution in [3.63, 3.8) is 0 Å². The quantitative estimate of drug-likeness (QED) is 0.760. The van der Waals surface area contributed by atoms with Crippen molar-refractivity contribution in [2.75, 3.05) is 26.7 Å². The molecule has 3 atom stereocenters. The number of rotatable bonds is 4. The van der Waals surface area contributed by atoms with Crippen LogP contribution in [0.25, 0.3) is 0 Å². The highest BCUT2D eigenvalue weighted by Gasteiger charge is 2.37. The van der Waals surface area contributed by atoms with Gasteiger partial charge in [-0.1, -0.05) is 32.6 Å². The van der Waals surface area contributed by atoms with Gasteiger partial charge in [-0.2, -0.15) is 4.31 Å². The molecule has 6 nitrogen and oxygen atoms in total. The van der Waals surface area contributed by atoms with E-state index in [1.807, 2.05) is 27.8 Å². The van der Waals surface area contributed by atoms with Gasteiger partial charge in [-0.15, -0.1) is 0 Å². The summed E-state index contributed by atoms with van der Waals surface area (Å²) in [6.07, 6.45) is -0.203. The van der Waals surface area contributed by atoms with Crippen LogP contribution in [-0.2, 0) is 10.0 Å². The molecule has 150 valence electrons. The minimum atomic E-state index is -3.79. The number of aliphatic hydroxyl groups excluding tert-OH is 1. The summed E-state index contributed by atoms with van der Waals surface area (Å²) in [5.74, 6) is 6.63. The molecule has 0 fully saturated rings. The van der Waals surface area contributed by atoms with Gasteiger partial charge in [0.25, 0.3) is 0 Å². The zero-order valence-corrected chi connectivity index (χ0v) is 17.5. The predicted molar refractivity (Wildman–Crippen MR) is 106 cm³/mol. The van der Waals surface area contributed by atoms with Crippen LogP contribution < -0.4 is 10.1 Å². The molecule has 0 amide bonds. The van der Waals surface area contributed by atoms with Crippen molar-refractivity contribution < 1.29 is 18.3 Å². The number of hydrogen-bond acceptors (Lipinski definition) is 5. The Morgan fingerprint density at radius 2 is 2.07 bits per heavy atom. The molecule has 1 aliphatic heterocycles. The number of nitrogens with zero attached hydrogens (tertiary/aromatic N) is 1. The fraction of sp³-hybridized carbons (Fsp3) is 0.600.